The molecule has 2 amide bonds. The molecule has 0 aliphatic carbocycles. The Labute approximate surface area is 174 Å². The van der Waals surface area contributed by atoms with Gasteiger partial charge in [0.25, 0.3) is 0 Å². The van der Waals surface area contributed by atoms with Crippen molar-refractivity contribution >= 4 is 28.7 Å². The second-order valence-corrected chi connectivity index (χ2v) is 7.57. The molecule has 0 radical (unpaired) electrons. The topological polar surface area (TPSA) is 80.2 Å². The normalized spacial score (nSPS) is 15.6. The summed E-state index contributed by atoms with van der Waals surface area (Å²) in [5.74, 6) is 1.11. The Hall–Kier alpha value is -3.00. The lowest BCUT2D eigenvalue weighted by Crippen LogP contribution is -2.25. The number of ether oxygens (including phenoxy) is 2. The van der Waals surface area contributed by atoms with Crippen LogP contribution in [0, 0.1) is 6.92 Å². The molecule has 7 nitrogen and oxygen atoms in total. The standard InChI is InChI=1S/C21H23N3O4S/c1-14-5-4-6-19(13-14)28-12-11-27-18-9-7-17(8-10-18)20-24(16(3)26)23-21(29-20)22-15(2)25/h4-10,13,20H,11-12H2,1-3H3,(H,22,23,25). The zero-order valence-electron chi connectivity index (χ0n) is 16.5. The van der Waals surface area contributed by atoms with Gasteiger partial charge < -0.3 is 14.8 Å². The van der Waals surface area contributed by atoms with Crippen LogP contribution < -0.4 is 14.8 Å². The first-order valence-electron chi connectivity index (χ1n) is 9.17. The molecule has 1 atom stereocenters. The molecule has 1 aliphatic heterocycles. The highest BCUT2D eigenvalue weighted by atomic mass is 32.2. The summed E-state index contributed by atoms with van der Waals surface area (Å²) in [4.78, 5) is 23.2. The fraction of sp³-hybridized carbons (Fsp3) is 0.286. The van der Waals surface area contributed by atoms with Crippen LogP contribution in [0.4, 0.5) is 0 Å². The molecule has 0 spiro atoms. The number of hydrazone groups is 1. The summed E-state index contributed by atoms with van der Waals surface area (Å²) in [7, 11) is 0. The van der Waals surface area contributed by atoms with Gasteiger partial charge in [0.05, 0.1) is 0 Å². The number of benzene rings is 2. The quantitative estimate of drug-likeness (QED) is 0.734. The summed E-state index contributed by atoms with van der Waals surface area (Å²) in [6.07, 6.45) is 0. The van der Waals surface area contributed by atoms with Gasteiger partial charge in [-0.05, 0) is 42.3 Å². The molecule has 1 N–H and O–H groups in total. The van der Waals surface area contributed by atoms with Crippen molar-refractivity contribution in [2.75, 3.05) is 13.2 Å². The number of hydrogen-bond acceptors (Lipinski definition) is 6. The molecule has 1 unspecified atom stereocenters. The van der Waals surface area contributed by atoms with Crippen LogP contribution in [-0.2, 0) is 9.59 Å². The maximum Gasteiger partial charge on any atom is 0.241 e. The fourth-order valence-corrected chi connectivity index (χ4v) is 3.87. The lowest BCUT2D eigenvalue weighted by atomic mass is 10.2. The zero-order valence-corrected chi connectivity index (χ0v) is 17.4. The Morgan fingerprint density at radius 2 is 1.76 bits per heavy atom. The van der Waals surface area contributed by atoms with E-state index in [0.29, 0.717) is 24.1 Å². The number of amidine groups is 1. The van der Waals surface area contributed by atoms with Crippen molar-refractivity contribution in [1.82, 2.24) is 10.3 Å². The smallest absolute Gasteiger partial charge is 0.241 e. The number of carbonyl (C=O) groups is 2. The highest BCUT2D eigenvalue weighted by molar-refractivity contribution is 8.14. The third-order valence-electron chi connectivity index (χ3n) is 4.03. The molecule has 0 bridgehead atoms. The van der Waals surface area contributed by atoms with Gasteiger partial charge >= 0.3 is 0 Å². The number of nitrogens with one attached hydrogen (secondary N) is 1. The van der Waals surface area contributed by atoms with Crippen LogP contribution in [0.2, 0.25) is 0 Å². The molecule has 1 aliphatic rings. The summed E-state index contributed by atoms with van der Waals surface area (Å²) in [6.45, 7) is 5.73. The third kappa shape index (κ3) is 5.74. The van der Waals surface area contributed by atoms with Crippen molar-refractivity contribution in [3.63, 3.8) is 0 Å². The van der Waals surface area contributed by atoms with Crippen molar-refractivity contribution in [3.05, 3.63) is 59.7 Å². The highest BCUT2D eigenvalue weighted by Gasteiger charge is 2.32. The van der Waals surface area contributed by atoms with E-state index in [1.54, 1.807) is 0 Å². The highest BCUT2D eigenvalue weighted by Crippen LogP contribution is 2.39. The Bertz CT molecular complexity index is 914. The molecule has 0 saturated heterocycles. The number of aryl methyl sites for hydroxylation is 1. The first kappa shape index (κ1) is 20.7. The van der Waals surface area contributed by atoms with E-state index in [4.69, 9.17) is 9.47 Å². The van der Waals surface area contributed by atoms with E-state index in [9.17, 15) is 9.59 Å². The maximum atomic E-state index is 11.9. The van der Waals surface area contributed by atoms with E-state index in [1.165, 1.54) is 30.6 Å². The van der Waals surface area contributed by atoms with Gasteiger partial charge in [-0.3, -0.25) is 9.59 Å². The third-order valence-corrected chi connectivity index (χ3v) is 5.13. The largest absolute Gasteiger partial charge is 0.490 e. The van der Waals surface area contributed by atoms with Crippen molar-refractivity contribution in [1.29, 1.82) is 0 Å². The number of hydrogen-bond donors (Lipinski definition) is 1. The Kier molecular flexibility index (Phi) is 6.77. The summed E-state index contributed by atoms with van der Waals surface area (Å²) < 4.78 is 11.4. The molecule has 0 aromatic heterocycles. The molecule has 1 heterocycles. The van der Waals surface area contributed by atoms with Crippen LogP contribution in [0.5, 0.6) is 11.5 Å². The van der Waals surface area contributed by atoms with Gasteiger partial charge in [-0.1, -0.05) is 36.0 Å². The van der Waals surface area contributed by atoms with E-state index in [0.717, 1.165) is 16.9 Å². The first-order chi connectivity index (χ1) is 13.9. The van der Waals surface area contributed by atoms with Crippen LogP contribution in [0.3, 0.4) is 0 Å². The second-order valence-electron chi connectivity index (χ2n) is 6.50. The van der Waals surface area contributed by atoms with Gasteiger partial charge in [0.1, 0.15) is 30.1 Å². The number of amides is 2. The van der Waals surface area contributed by atoms with Gasteiger partial charge in [0, 0.05) is 13.8 Å². The van der Waals surface area contributed by atoms with Crippen LogP contribution in [0.15, 0.2) is 53.6 Å². The maximum absolute atomic E-state index is 11.9. The lowest BCUT2D eigenvalue weighted by Gasteiger charge is -2.19. The predicted octanol–water partition coefficient (Wildman–Crippen LogP) is 3.45. The van der Waals surface area contributed by atoms with Gasteiger partial charge in [-0.15, -0.1) is 5.10 Å². The lowest BCUT2D eigenvalue weighted by molar-refractivity contribution is -0.129. The number of carbonyl (C=O) groups excluding carboxylic acids is 2. The van der Waals surface area contributed by atoms with E-state index in [2.05, 4.69) is 10.4 Å². The summed E-state index contributed by atoms with van der Waals surface area (Å²) >= 11 is 1.32. The minimum Gasteiger partial charge on any atom is -0.490 e. The molecule has 0 saturated carbocycles. The van der Waals surface area contributed by atoms with Gasteiger partial charge in [0.15, 0.2) is 5.17 Å². The van der Waals surface area contributed by atoms with Crippen LogP contribution in [0.25, 0.3) is 0 Å². The molecule has 2 aromatic rings. The molecular formula is C21H23N3O4S. The predicted molar refractivity (Wildman–Crippen MR) is 113 cm³/mol. The first-order valence-corrected chi connectivity index (χ1v) is 10.1. The van der Waals surface area contributed by atoms with Crippen molar-refractivity contribution < 1.29 is 19.1 Å². The van der Waals surface area contributed by atoms with Crippen LogP contribution in [-0.4, -0.2) is 35.2 Å². The summed E-state index contributed by atoms with van der Waals surface area (Å²) in [5, 5.41) is 8.26. The molecular weight excluding hydrogens is 390 g/mol. The van der Waals surface area contributed by atoms with Gasteiger partial charge in [-0.2, -0.15) is 0 Å². The van der Waals surface area contributed by atoms with Gasteiger partial charge in [0.2, 0.25) is 11.8 Å². The van der Waals surface area contributed by atoms with E-state index < -0.39 is 0 Å². The number of thioether (sulfide) groups is 1. The average molecular weight is 413 g/mol. The molecule has 2 aromatic carbocycles. The van der Waals surface area contributed by atoms with Crippen molar-refractivity contribution in [2.24, 2.45) is 5.10 Å². The zero-order chi connectivity index (χ0) is 20.8. The van der Waals surface area contributed by atoms with Gasteiger partial charge in [-0.25, -0.2) is 5.01 Å². The molecule has 8 heteroatoms. The summed E-state index contributed by atoms with van der Waals surface area (Å²) in [6, 6.07) is 15.3. The monoisotopic (exact) mass is 413 g/mol. The number of rotatable bonds is 6. The molecule has 0 fully saturated rings. The van der Waals surface area contributed by atoms with E-state index in [1.807, 2.05) is 55.5 Å². The van der Waals surface area contributed by atoms with Crippen molar-refractivity contribution in [3.8, 4) is 11.5 Å². The van der Waals surface area contributed by atoms with E-state index >= 15 is 0 Å². The fourth-order valence-electron chi connectivity index (χ4n) is 2.73. The average Bonchev–Trinajstić information content (AvgIpc) is 3.09. The molecule has 3 rings (SSSR count). The SMILES string of the molecule is CC(=O)NC1=NN(C(C)=O)C(c2ccc(OCCOc3cccc(C)c3)cc2)S1. The minimum atomic E-state index is -0.326. The Morgan fingerprint density at radius 3 is 2.38 bits per heavy atom. The molecule has 29 heavy (non-hydrogen) atoms. The van der Waals surface area contributed by atoms with E-state index in [-0.39, 0.29) is 17.2 Å². The minimum absolute atomic E-state index is 0.198. The molecule has 152 valence electrons. The Morgan fingerprint density at radius 1 is 1.07 bits per heavy atom. The Balaban J connectivity index is 1.54. The number of nitrogens with zero attached hydrogens (tertiary/aromatic N) is 2. The summed E-state index contributed by atoms with van der Waals surface area (Å²) in [5.41, 5.74) is 2.03. The van der Waals surface area contributed by atoms with Crippen LogP contribution >= 0.6 is 11.8 Å². The van der Waals surface area contributed by atoms with Crippen molar-refractivity contribution in [2.45, 2.75) is 26.1 Å². The second kappa shape index (κ2) is 9.47. The van der Waals surface area contributed by atoms with Crippen LogP contribution in [0.1, 0.15) is 30.3 Å².